The first kappa shape index (κ1) is 12.5. The van der Waals surface area contributed by atoms with Crippen molar-refractivity contribution in [1.29, 1.82) is 0 Å². The van der Waals surface area contributed by atoms with Crippen LogP contribution in [-0.2, 0) is 0 Å². The van der Waals surface area contributed by atoms with Crippen LogP contribution in [0.15, 0.2) is 4.79 Å². The molecule has 0 aliphatic heterocycles. The number of anilines is 2. The molecule has 0 saturated carbocycles. The highest BCUT2D eigenvalue weighted by Gasteiger charge is 2.18. The summed E-state index contributed by atoms with van der Waals surface area (Å²) in [5, 5.41) is 3.21. The van der Waals surface area contributed by atoms with Crippen LogP contribution in [0.25, 0.3) is 0 Å². The largest absolute Gasteiger partial charge is 0.382 e. The van der Waals surface area contributed by atoms with Gasteiger partial charge in [0.1, 0.15) is 10.2 Å². The van der Waals surface area contributed by atoms with Gasteiger partial charge in [-0.15, -0.1) is 0 Å². The van der Waals surface area contributed by atoms with Gasteiger partial charge in [0.25, 0.3) is 0 Å². The first-order valence-electron chi connectivity index (χ1n) is 4.95. The van der Waals surface area contributed by atoms with Crippen molar-refractivity contribution in [3.63, 3.8) is 0 Å². The summed E-state index contributed by atoms with van der Waals surface area (Å²) in [4.78, 5) is 13.2. The van der Waals surface area contributed by atoms with Crippen LogP contribution >= 0.6 is 24.8 Å². The van der Waals surface area contributed by atoms with E-state index in [0.717, 1.165) is 30.8 Å². The van der Waals surface area contributed by atoms with E-state index in [-0.39, 0.29) is 5.43 Å². The molecule has 1 rings (SSSR count). The van der Waals surface area contributed by atoms with E-state index in [4.69, 9.17) is 12.2 Å². The molecule has 0 unspecified atom stereocenters. The highest BCUT2D eigenvalue weighted by molar-refractivity contribution is 7.80. The molecule has 0 amide bonds. The molecule has 0 spiro atoms. The molecule has 0 aromatic heterocycles. The molecular formula is C10H16N2OS2. The van der Waals surface area contributed by atoms with Crippen LogP contribution in [0.1, 0.15) is 12.8 Å². The maximum absolute atomic E-state index is 11.4. The second-order valence-corrected chi connectivity index (χ2v) is 4.49. The lowest BCUT2D eigenvalue weighted by Crippen LogP contribution is -2.26. The van der Waals surface area contributed by atoms with E-state index in [2.05, 4.69) is 17.9 Å². The Hall–Kier alpha value is -0.550. The molecule has 0 radical (unpaired) electrons. The number of thiol groups is 1. The topological polar surface area (TPSA) is 32.3 Å². The zero-order valence-electron chi connectivity index (χ0n) is 9.04. The van der Waals surface area contributed by atoms with E-state index in [9.17, 15) is 4.79 Å². The summed E-state index contributed by atoms with van der Waals surface area (Å²) in [6.45, 7) is 0.848. The minimum Gasteiger partial charge on any atom is -0.382 e. The van der Waals surface area contributed by atoms with Gasteiger partial charge in [-0.2, -0.15) is 12.6 Å². The molecule has 1 N–H and O–H groups in total. The third-order valence-electron chi connectivity index (χ3n) is 2.22. The van der Waals surface area contributed by atoms with Gasteiger partial charge in [0.05, 0.1) is 5.69 Å². The minimum atomic E-state index is -0.0216. The molecule has 5 heteroatoms. The van der Waals surface area contributed by atoms with Crippen LogP contribution < -0.4 is 15.6 Å². The van der Waals surface area contributed by atoms with Crippen LogP contribution in [0.3, 0.4) is 0 Å². The van der Waals surface area contributed by atoms with E-state index in [1.54, 1.807) is 4.90 Å². The molecule has 0 bridgehead atoms. The van der Waals surface area contributed by atoms with Gasteiger partial charge in [-0.3, -0.25) is 4.79 Å². The molecule has 0 fully saturated rings. The number of hydrogen-bond donors (Lipinski definition) is 2. The normalized spacial score (nSPS) is 10.6. The standard InChI is InChI=1S/C10H16N2OS2/c1-12(2)8-7(10(15)9(8)13)11-5-3-4-6-14/h11,14H,3-6H2,1-2H3. The highest BCUT2D eigenvalue weighted by atomic mass is 32.1. The van der Waals surface area contributed by atoms with Gasteiger partial charge < -0.3 is 10.2 Å². The average Bonchev–Trinajstić information content (AvgIpc) is 2.20. The van der Waals surface area contributed by atoms with Crippen LogP contribution in [0, 0.1) is 4.51 Å². The van der Waals surface area contributed by atoms with Crippen molar-refractivity contribution < 1.29 is 0 Å². The average molecular weight is 244 g/mol. The molecule has 0 saturated heterocycles. The molecule has 0 atom stereocenters. The molecule has 84 valence electrons. The van der Waals surface area contributed by atoms with E-state index in [1.807, 2.05) is 14.1 Å². The molecule has 15 heavy (non-hydrogen) atoms. The third kappa shape index (κ3) is 2.72. The summed E-state index contributed by atoms with van der Waals surface area (Å²) >= 11 is 9.13. The predicted octanol–water partition coefficient (Wildman–Crippen LogP) is 1.84. The first-order valence-corrected chi connectivity index (χ1v) is 5.99. The van der Waals surface area contributed by atoms with Crippen LogP contribution in [0.4, 0.5) is 11.4 Å². The van der Waals surface area contributed by atoms with E-state index in [0.29, 0.717) is 10.2 Å². The molecule has 0 aliphatic rings. The van der Waals surface area contributed by atoms with E-state index < -0.39 is 0 Å². The molecule has 1 aromatic rings. The van der Waals surface area contributed by atoms with Crippen molar-refractivity contribution >= 4 is 36.2 Å². The number of hydrogen-bond acceptors (Lipinski definition) is 5. The fourth-order valence-electron chi connectivity index (χ4n) is 1.42. The number of nitrogens with one attached hydrogen (secondary N) is 1. The molecule has 0 heterocycles. The smallest absolute Gasteiger partial charge is 0.224 e. The Morgan fingerprint density at radius 3 is 2.60 bits per heavy atom. The Labute approximate surface area is 101 Å². The minimum absolute atomic E-state index is 0.0216. The molecule has 1 aromatic carbocycles. The molecule has 0 aliphatic carbocycles. The first-order chi connectivity index (χ1) is 7.09. The van der Waals surface area contributed by atoms with Crippen LogP contribution in [0.5, 0.6) is 0 Å². The SMILES string of the molecule is CN(C)c1c(NCCCCS)c(=S)c1=O. The summed E-state index contributed by atoms with van der Waals surface area (Å²) in [6.07, 6.45) is 2.12. The quantitative estimate of drug-likeness (QED) is 0.454. The molecular weight excluding hydrogens is 228 g/mol. The van der Waals surface area contributed by atoms with E-state index >= 15 is 0 Å². The van der Waals surface area contributed by atoms with Crippen LogP contribution in [0.2, 0.25) is 0 Å². The van der Waals surface area contributed by atoms with Crippen molar-refractivity contribution in [2.75, 3.05) is 36.6 Å². The monoisotopic (exact) mass is 244 g/mol. The summed E-state index contributed by atoms with van der Waals surface area (Å²) in [7, 11) is 3.70. The molecule has 3 nitrogen and oxygen atoms in total. The Bertz CT molecular complexity index is 394. The van der Waals surface area contributed by atoms with Gasteiger partial charge in [0, 0.05) is 20.6 Å². The summed E-state index contributed by atoms with van der Waals surface area (Å²) in [6, 6.07) is 0. The lowest BCUT2D eigenvalue weighted by atomic mass is 10.2. The predicted molar refractivity (Wildman–Crippen MR) is 71.8 cm³/mol. The summed E-state index contributed by atoms with van der Waals surface area (Å²) < 4.78 is 0.435. The Morgan fingerprint density at radius 2 is 2.07 bits per heavy atom. The fraction of sp³-hybridized carbons (Fsp3) is 0.600. The second-order valence-electron chi connectivity index (χ2n) is 3.63. The Balaban J connectivity index is 2.58. The summed E-state index contributed by atoms with van der Waals surface area (Å²) in [5.41, 5.74) is 1.51. The number of rotatable bonds is 6. The maximum Gasteiger partial charge on any atom is 0.224 e. The lowest BCUT2D eigenvalue weighted by molar-refractivity contribution is 0.842. The summed E-state index contributed by atoms with van der Waals surface area (Å²) in [5.74, 6) is 0.893. The van der Waals surface area contributed by atoms with Crippen molar-refractivity contribution in [2.45, 2.75) is 12.8 Å². The fourth-order valence-corrected chi connectivity index (χ4v) is 1.91. The zero-order valence-corrected chi connectivity index (χ0v) is 10.8. The lowest BCUT2D eigenvalue weighted by Gasteiger charge is -2.20. The van der Waals surface area contributed by atoms with Crippen molar-refractivity contribution in [3.8, 4) is 0 Å². The van der Waals surface area contributed by atoms with Crippen molar-refractivity contribution in [1.82, 2.24) is 0 Å². The van der Waals surface area contributed by atoms with E-state index in [1.165, 1.54) is 0 Å². The van der Waals surface area contributed by atoms with Crippen molar-refractivity contribution in [3.05, 3.63) is 14.7 Å². The van der Waals surface area contributed by atoms with Gasteiger partial charge in [-0.1, -0.05) is 12.2 Å². The number of nitrogens with zero attached hydrogens (tertiary/aromatic N) is 1. The van der Waals surface area contributed by atoms with Gasteiger partial charge in [0.2, 0.25) is 5.43 Å². The van der Waals surface area contributed by atoms with Crippen LogP contribution in [-0.4, -0.2) is 26.4 Å². The van der Waals surface area contributed by atoms with Gasteiger partial charge in [-0.05, 0) is 18.6 Å². The third-order valence-corrected chi connectivity index (χ3v) is 2.92. The maximum atomic E-state index is 11.4. The van der Waals surface area contributed by atoms with Gasteiger partial charge >= 0.3 is 0 Å². The highest BCUT2D eigenvalue weighted by Crippen LogP contribution is 2.25. The van der Waals surface area contributed by atoms with Gasteiger partial charge in [0.15, 0.2) is 0 Å². The number of unbranched alkanes of at least 4 members (excludes halogenated alkanes) is 1. The second kappa shape index (κ2) is 5.51. The Kier molecular flexibility index (Phi) is 4.60. The van der Waals surface area contributed by atoms with Crippen molar-refractivity contribution in [2.24, 2.45) is 0 Å². The zero-order chi connectivity index (χ0) is 11.4. The van der Waals surface area contributed by atoms with Gasteiger partial charge in [-0.25, -0.2) is 0 Å². The Morgan fingerprint density at radius 1 is 1.40 bits per heavy atom.